The predicted octanol–water partition coefficient (Wildman–Crippen LogP) is 3.48. The number of aromatic nitrogens is 1. The molecule has 0 unspecified atom stereocenters. The average Bonchev–Trinajstić information content (AvgIpc) is 2.82. The van der Waals surface area contributed by atoms with Crippen molar-refractivity contribution < 1.29 is 32.2 Å². The zero-order valence-electron chi connectivity index (χ0n) is 15.1. The third-order valence-electron chi connectivity index (χ3n) is 3.86. The van der Waals surface area contributed by atoms with Crippen LogP contribution < -0.4 is 19.7 Å². The summed E-state index contributed by atoms with van der Waals surface area (Å²) in [5, 5.41) is 11.4. The van der Waals surface area contributed by atoms with Gasteiger partial charge in [0.05, 0.1) is 17.4 Å². The summed E-state index contributed by atoms with van der Waals surface area (Å²) in [5.74, 6) is -1.24. The fourth-order valence-corrected chi connectivity index (χ4v) is 2.54. The number of carbonyl (C=O) groups excluding carboxylic acids is 2. The monoisotopic (exact) mass is 406 g/mol. The van der Waals surface area contributed by atoms with Gasteiger partial charge in [0.1, 0.15) is 17.4 Å². The Bertz CT molecular complexity index is 1010. The van der Waals surface area contributed by atoms with E-state index < -0.39 is 29.6 Å². The molecule has 1 aliphatic heterocycles. The maximum absolute atomic E-state index is 12.5. The summed E-state index contributed by atoms with van der Waals surface area (Å²) in [4.78, 5) is 29.2. The fraction of sp³-hybridized carbons (Fsp3) is 0.222. The number of rotatable bonds is 4. The molecule has 0 aliphatic carbocycles. The second kappa shape index (κ2) is 6.97. The van der Waals surface area contributed by atoms with E-state index in [9.17, 15) is 22.8 Å². The van der Waals surface area contributed by atoms with Gasteiger partial charge >= 0.3 is 12.4 Å². The van der Waals surface area contributed by atoms with Crippen LogP contribution in [0.3, 0.4) is 0 Å². The number of hydrogen-bond donors (Lipinski definition) is 1. The maximum atomic E-state index is 12.5. The number of urea groups is 1. The molecular formula is C18H13F3N4O4. The van der Waals surface area contributed by atoms with E-state index in [0.29, 0.717) is 0 Å². The van der Waals surface area contributed by atoms with Crippen LogP contribution in [-0.2, 0) is 4.79 Å². The highest BCUT2D eigenvalue weighted by atomic mass is 19.4. The topological polar surface area (TPSA) is 105 Å². The van der Waals surface area contributed by atoms with E-state index in [-0.39, 0.29) is 22.9 Å². The molecule has 0 spiro atoms. The Balaban J connectivity index is 1.80. The number of imide groups is 1. The van der Waals surface area contributed by atoms with Crippen molar-refractivity contribution in [1.82, 2.24) is 10.3 Å². The number of alkyl halides is 3. The lowest BCUT2D eigenvalue weighted by atomic mass is 10.1. The van der Waals surface area contributed by atoms with Gasteiger partial charge in [0.2, 0.25) is 5.88 Å². The highest BCUT2D eigenvalue weighted by molar-refractivity contribution is 6.22. The summed E-state index contributed by atoms with van der Waals surface area (Å²) in [6, 6.07) is 7.02. The molecule has 1 N–H and O–H groups in total. The van der Waals surface area contributed by atoms with Gasteiger partial charge in [-0.1, -0.05) is 0 Å². The van der Waals surface area contributed by atoms with Crippen LogP contribution >= 0.6 is 0 Å². The fourth-order valence-electron chi connectivity index (χ4n) is 2.54. The van der Waals surface area contributed by atoms with E-state index in [1.807, 2.05) is 0 Å². The van der Waals surface area contributed by atoms with Crippen molar-refractivity contribution in [3.8, 4) is 23.4 Å². The number of nitrogens with one attached hydrogen (secondary N) is 1. The molecule has 29 heavy (non-hydrogen) atoms. The number of amides is 3. The second-order valence-electron chi connectivity index (χ2n) is 6.47. The largest absolute Gasteiger partial charge is 0.573 e. The third kappa shape index (κ3) is 4.21. The van der Waals surface area contributed by atoms with E-state index in [4.69, 9.17) is 10.00 Å². The van der Waals surface area contributed by atoms with Gasteiger partial charge in [-0.3, -0.25) is 4.79 Å². The summed E-state index contributed by atoms with van der Waals surface area (Å²) >= 11 is 0. The van der Waals surface area contributed by atoms with Gasteiger partial charge in [-0.15, -0.1) is 13.2 Å². The number of anilines is 1. The van der Waals surface area contributed by atoms with E-state index >= 15 is 0 Å². The number of halogens is 3. The van der Waals surface area contributed by atoms with Gasteiger partial charge in [-0.05, 0) is 32.0 Å². The zero-order valence-corrected chi connectivity index (χ0v) is 15.1. The van der Waals surface area contributed by atoms with Crippen LogP contribution in [0.2, 0.25) is 0 Å². The molecule has 3 amide bonds. The van der Waals surface area contributed by atoms with Gasteiger partial charge in [0, 0.05) is 12.1 Å². The summed E-state index contributed by atoms with van der Waals surface area (Å²) < 4.78 is 46.6. The Morgan fingerprint density at radius 2 is 1.93 bits per heavy atom. The molecule has 1 aromatic carbocycles. The second-order valence-corrected chi connectivity index (χ2v) is 6.47. The number of nitriles is 1. The lowest BCUT2D eigenvalue weighted by Crippen LogP contribution is -2.40. The predicted molar refractivity (Wildman–Crippen MR) is 92.2 cm³/mol. The van der Waals surface area contributed by atoms with Crippen molar-refractivity contribution in [3.63, 3.8) is 0 Å². The number of nitrogens with zero attached hydrogens (tertiary/aromatic N) is 3. The van der Waals surface area contributed by atoms with Gasteiger partial charge in [-0.2, -0.15) is 5.26 Å². The molecule has 1 aliphatic rings. The first-order chi connectivity index (χ1) is 13.5. The summed E-state index contributed by atoms with van der Waals surface area (Å²) in [7, 11) is 0. The summed E-state index contributed by atoms with van der Waals surface area (Å²) in [6.45, 7) is 3.12. The molecule has 11 heteroatoms. The molecule has 2 aromatic rings. The number of ether oxygens (including phenoxy) is 2. The number of carbonyl (C=O) groups is 2. The van der Waals surface area contributed by atoms with Gasteiger partial charge in [-0.25, -0.2) is 14.7 Å². The SMILES string of the molecule is CC1(C)NC(=O)N(c2ccc(Oc3ccc(C#N)c(OC(F)(F)F)c3)nc2)C1=O. The van der Waals surface area contributed by atoms with Gasteiger partial charge in [0.15, 0.2) is 5.75 Å². The minimum atomic E-state index is -4.97. The van der Waals surface area contributed by atoms with Crippen molar-refractivity contribution in [1.29, 1.82) is 5.26 Å². The molecule has 0 saturated carbocycles. The lowest BCUT2D eigenvalue weighted by Gasteiger charge is -2.16. The molecule has 0 atom stereocenters. The molecule has 2 heterocycles. The quantitative estimate of drug-likeness (QED) is 0.780. The van der Waals surface area contributed by atoms with Crippen LogP contribution in [0.1, 0.15) is 19.4 Å². The van der Waals surface area contributed by atoms with Crippen LogP contribution in [0.5, 0.6) is 17.4 Å². The van der Waals surface area contributed by atoms with E-state index in [2.05, 4.69) is 15.0 Å². The first kappa shape index (κ1) is 19.9. The lowest BCUT2D eigenvalue weighted by molar-refractivity contribution is -0.274. The Morgan fingerprint density at radius 3 is 2.45 bits per heavy atom. The van der Waals surface area contributed by atoms with Crippen LogP contribution in [0.25, 0.3) is 0 Å². The highest BCUT2D eigenvalue weighted by Gasteiger charge is 2.45. The maximum Gasteiger partial charge on any atom is 0.573 e. The third-order valence-corrected chi connectivity index (χ3v) is 3.86. The minimum Gasteiger partial charge on any atom is -0.439 e. The standard InChI is InChI=1S/C18H13F3N4O4/c1-17(2)15(26)25(16(27)24-17)11-4-6-14(23-9-11)28-12-5-3-10(8-22)13(7-12)29-18(19,20)21/h3-7,9H,1-2H3,(H,24,27). The molecule has 8 nitrogen and oxygen atoms in total. The molecule has 3 rings (SSSR count). The smallest absolute Gasteiger partial charge is 0.439 e. The molecule has 150 valence electrons. The summed E-state index contributed by atoms with van der Waals surface area (Å²) in [6.07, 6.45) is -3.76. The molecule has 1 fully saturated rings. The van der Waals surface area contributed by atoms with Crippen molar-refractivity contribution in [2.45, 2.75) is 25.7 Å². The molecule has 1 aromatic heterocycles. The van der Waals surface area contributed by atoms with Crippen LogP contribution in [-0.4, -0.2) is 28.8 Å². The molecule has 0 radical (unpaired) electrons. The number of hydrogen-bond acceptors (Lipinski definition) is 6. The van der Waals surface area contributed by atoms with Crippen LogP contribution in [0.4, 0.5) is 23.7 Å². The minimum absolute atomic E-state index is 0.0114. The van der Waals surface area contributed by atoms with E-state index in [0.717, 1.165) is 17.0 Å². The van der Waals surface area contributed by atoms with E-state index in [1.165, 1.54) is 24.4 Å². The normalized spacial score (nSPS) is 15.7. The van der Waals surface area contributed by atoms with Gasteiger partial charge < -0.3 is 14.8 Å². The average molecular weight is 406 g/mol. The first-order valence-corrected chi connectivity index (χ1v) is 8.11. The van der Waals surface area contributed by atoms with Crippen molar-refractivity contribution in [3.05, 3.63) is 42.1 Å². The zero-order chi connectivity index (χ0) is 21.4. The molecule has 1 saturated heterocycles. The summed E-state index contributed by atoms with van der Waals surface area (Å²) in [5.41, 5.74) is -1.17. The van der Waals surface area contributed by atoms with Crippen LogP contribution in [0.15, 0.2) is 36.5 Å². The van der Waals surface area contributed by atoms with Crippen molar-refractivity contribution >= 4 is 17.6 Å². The van der Waals surface area contributed by atoms with Crippen molar-refractivity contribution in [2.24, 2.45) is 0 Å². The number of pyridine rings is 1. The van der Waals surface area contributed by atoms with E-state index in [1.54, 1.807) is 19.9 Å². The van der Waals surface area contributed by atoms with Crippen LogP contribution in [0, 0.1) is 11.3 Å². The number of benzene rings is 1. The Morgan fingerprint density at radius 1 is 1.21 bits per heavy atom. The molecular weight excluding hydrogens is 393 g/mol. The Labute approximate surface area is 162 Å². The first-order valence-electron chi connectivity index (χ1n) is 8.11. The highest BCUT2D eigenvalue weighted by Crippen LogP contribution is 2.32. The Hall–Kier alpha value is -3.81. The molecule has 0 bridgehead atoms. The van der Waals surface area contributed by atoms with Crippen molar-refractivity contribution in [2.75, 3.05) is 4.90 Å². The van der Waals surface area contributed by atoms with Gasteiger partial charge in [0.25, 0.3) is 5.91 Å². The Kier molecular flexibility index (Phi) is 4.79.